The van der Waals surface area contributed by atoms with Crippen molar-refractivity contribution in [3.05, 3.63) is 53.3 Å². The molecule has 1 atom stereocenters. The van der Waals surface area contributed by atoms with Crippen molar-refractivity contribution in [1.82, 2.24) is 9.88 Å². The van der Waals surface area contributed by atoms with E-state index in [1.165, 1.54) is 31.5 Å². The number of aromatic nitrogens is 1. The molecule has 1 fully saturated rings. The van der Waals surface area contributed by atoms with Gasteiger partial charge in [0.1, 0.15) is 0 Å². The van der Waals surface area contributed by atoms with Gasteiger partial charge in [0, 0.05) is 24.9 Å². The first-order chi connectivity index (χ1) is 12.6. The number of para-hydroxylation sites is 1. The Morgan fingerprint density at radius 1 is 1.08 bits per heavy atom. The zero-order chi connectivity index (χ0) is 18.9. The Kier molecular flexibility index (Phi) is 8.20. The van der Waals surface area contributed by atoms with Gasteiger partial charge in [0.25, 0.3) is 0 Å². The van der Waals surface area contributed by atoms with Crippen LogP contribution in [0.3, 0.4) is 0 Å². The van der Waals surface area contributed by atoms with Crippen molar-refractivity contribution in [2.24, 2.45) is 0 Å². The van der Waals surface area contributed by atoms with Gasteiger partial charge in [0.2, 0.25) is 6.29 Å². The summed E-state index contributed by atoms with van der Waals surface area (Å²) in [5.41, 5.74) is 1.33. The van der Waals surface area contributed by atoms with Crippen LogP contribution in [0, 0.1) is 0 Å². The van der Waals surface area contributed by atoms with E-state index >= 15 is 0 Å². The van der Waals surface area contributed by atoms with Crippen LogP contribution < -0.4 is 9.47 Å². The Labute approximate surface area is 162 Å². The first kappa shape index (κ1) is 20.5. The Balaban J connectivity index is 0.000000227. The number of likely N-dealkylation sites (tertiary alicyclic amines) is 1. The molecule has 3 heterocycles. The largest absolute Gasteiger partial charge is 0.451 e. The van der Waals surface area contributed by atoms with Crippen LogP contribution >= 0.6 is 11.6 Å². The molecular formula is C21H29ClN2O2. The number of hydrogen-bond donors (Lipinski definition) is 0. The highest BCUT2D eigenvalue weighted by atomic mass is 35.5. The van der Waals surface area contributed by atoms with Gasteiger partial charge in [-0.25, -0.2) is 0 Å². The highest BCUT2D eigenvalue weighted by Crippen LogP contribution is 2.43. The standard InChI is InChI=1S/C14H19NO2.C5H4ClN.C2H6/c1-10-16-13-5-3-4-12(14(13)17-10)11-6-8-15(2)9-7-11;6-5-2-1-3-7-4-5;1-2/h3-5,10-11H,6-9H2,1-2H3;1-4H;1-2H3. The smallest absolute Gasteiger partial charge is 0.238 e. The molecule has 4 rings (SSSR count). The van der Waals surface area contributed by atoms with Crippen LogP contribution in [0.15, 0.2) is 42.7 Å². The average molecular weight is 377 g/mol. The van der Waals surface area contributed by atoms with E-state index in [9.17, 15) is 0 Å². The first-order valence-corrected chi connectivity index (χ1v) is 9.71. The summed E-state index contributed by atoms with van der Waals surface area (Å²) in [5.74, 6) is 2.51. The molecule has 0 spiro atoms. The van der Waals surface area contributed by atoms with Crippen molar-refractivity contribution in [3.63, 3.8) is 0 Å². The second-order valence-corrected chi connectivity index (χ2v) is 6.66. The van der Waals surface area contributed by atoms with Crippen molar-refractivity contribution in [3.8, 4) is 11.5 Å². The van der Waals surface area contributed by atoms with E-state index in [1.54, 1.807) is 24.5 Å². The van der Waals surface area contributed by atoms with Crippen molar-refractivity contribution in [2.75, 3.05) is 20.1 Å². The second-order valence-electron chi connectivity index (χ2n) is 6.23. The van der Waals surface area contributed by atoms with E-state index < -0.39 is 0 Å². The van der Waals surface area contributed by atoms with E-state index in [2.05, 4.69) is 29.1 Å². The summed E-state index contributed by atoms with van der Waals surface area (Å²) >= 11 is 5.48. The topological polar surface area (TPSA) is 34.6 Å². The van der Waals surface area contributed by atoms with Crippen LogP contribution in [0.2, 0.25) is 5.02 Å². The maximum atomic E-state index is 5.78. The number of rotatable bonds is 1. The Morgan fingerprint density at radius 3 is 2.38 bits per heavy atom. The lowest BCUT2D eigenvalue weighted by Crippen LogP contribution is -2.29. The first-order valence-electron chi connectivity index (χ1n) is 9.34. The van der Waals surface area contributed by atoms with Crippen LogP contribution in [-0.4, -0.2) is 36.3 Å². The third kappa shape index (κ3) is 5.61. The van der Waals surface area contributed by atoms with Crippen LogP contribution in [0.5, 0.6) is 11.5 Å². The molecule has 1 unspecified atom stereocenters. The van der Waals surface area contributed by atoms with Gasteiger partial charge in [-0.05, 0) is 57.1 Å². The molecule has 1 aromatic carbocycles. The number of fused-ring (bicyclic) bond motifs is 1. The predicted molar refractivity (Wildman–Crippen MR) is 107 cm³/mol. The van der Waals surface area contributed by atoms with Gasteiger partial charge in [-0.1, -0.05) is 37.6 Å². The fraction of sp³-hybridized carbons (Fsp3) is 0.476. The molecule has 0 N–H and O–H groups in total. The van der Waals surface area contributed by atoms with Crippen molar-refractivity contribution < 1.29 is 9.47 Å². The Hall–Kier alpha value is -1.78. The van der Waals surface area contributed by atoms with E-state index in [1.807, 2.05) is 26.8 Å². The third-order valence-electron chi connectivity index (χ3n) is 4.37. The minimum Gasteiger partial charge on any atom is -0.451 e. The number of piperidine rings is 1. The molecule has 0 radical (unpaired) electrons. The molecule has 5 heteroatoms. The maximum Gasteiger partial charge on any atom is 0.238 e. The van der Waals surface area contributed by atoms with Gasteiger partial charge in [-0.2, -0.15) is 0 Å². The molecular weight excluding hydrogens is 348 g/mol. The van der Waals surface area contributed by atoms with Crippen molar-refractivity contribution >= 4 is 11.6 Å². The molecule has 2 aliphatic rings. The van der Waals surface area contributed by atoms with Gasteiger partial charge in [0.05, 0.1) is 5.02 Å². The molecule has 2 aromatic rings. The van der Waals surface area contributed by atoms with Gasteiger partial charge in [0.15, 0.2) is 11.5 Å². The van der Waals surface area contributed by atoms with E-state index in [0.29, 0.717) is 10.9 Å². The molecule has 4 nitrogen and oxygen atoms in total. The quantitative estimate of drug-likeness (QED) is 0.669. The van der Waals surface area contributed by atoms with Crippen LogP contribution in [0.25, 0.3) is 0 Å². The number of benzene rings is 1. The summed E-state index contributed by atoms with van der Waals surface area (Å²) in [6.07, 6.45) is 5.57. The summed E-state index contributed by atoms with van der Waals surface area (Å²) in [6, 6.07) is 9.85. The molecule has 0 bridgehead atoms. The molecule has 1 aromatic heterocycles. The summed E-state index contributed by atoms with van der Waals surface area (Å²) in [5, 5.41) is 0.683. The van der Waals surface area contributed by atoms with Crippen molar-refractivity contribution in [1.29, 1.82) is 0 Å². The monoisotopic (exact) mass is 376 g/mol. The molecule has 142 valence electrons. The van der Waals surface area contributed by atoms with Crippen molar-refractivity contribution in [2.45, 2.75) is 45.8 Å². The molecule has 0 aliphatic carbocycles. The average Bonchev–Trinajstić information content (AvgIpc) is 3.05. The SMILES string of the molecule is CC.CC1Oc2cccc(C3CCN(C)CC3)c2O1.Clc1cccnc1. The minimum absolute atomic E-state index is 0.141. The molecule has 2 aliphatic heterocycles. The van der Waals surface area contributed by atoms with Crippen LogP contribution in [0.1, 0.15) is 45.1 Å². The van der Waals surface area contributed by atoms with Gasteiger partial charge in [-0.15, -0.1) is 0 Å². The normalized spacial score (nSPS) is 19.0. The number of ether oxygens (including phenoxy) is 2. The highest BCUT2D eigenvalue weighted by Gasteiger charge is 2.28. The maximum absolute atomic E-state index is 5.78. The lowest BCUT2D eigenvalue weighted by Gasteiger charge is -2.29. The number of pyridine rings is 1. The zero-order valence-corrected chi connectivity index (χ0v) is 16.9. The minimum atomic E-state index is -0.141. The molecule has 0 saturated carbocycles. The number of halogens is 1. The summed E-state index contributed by atoms with van der Waals surface area (Å²) in [4.78, 5) is 6.14. The van der Waals surface area contributed by atoms with Gasteiger partial charge in [-0.3, -0.25) is 4.98 Å². The van der Waals surface area contributed by atoms with E-state index in [0.717, 1.165) is 11.5 Å². The second kappa shape index (κ2) is 10.4. The van der Waals surface area contributed by atoms with Crippen LogP contribution in [-0.2, 0) is 0 Å². The van der Waals surface area contributed by atoms with Crippen LogP contribution in [0.4, 0.5) is 0 Å². The predicted octanol–water partition coefficient (Wildman–Crippen LogP) is 5.37. The van der Waals surface area contributed by atoms with E-state index in [-0.39, 0.29) is 6.29 Å². The summed E-state index contributed by atoms with van der Waals surface area (Å²) < 4.78 is 11.4. The number of nitrogens with zero attached hydrogens (tertiary/aromatic N) is 2. The molecule has 0 amide bonds. The lowest BCUT2D eigenvalue weighted by atomic mass is 9.89. The Morgan fingerprint density at radius 2 is 1.81 bits per heavy atom. The van der Waals surface area contributed by atoms with E-state index in [4.69, 9.17) is 21.1 Å². The van der Waals surface area contributed by atoms with Gasteiger partial charge >= 0.3 is 0 Å². The summed E-state index contributed by atoms with van der Waals surface area (Å²) in [6.45, 7) is 8.29. The van der Waals surface area contributed by atoms with Gasteiger partial charge < -0.3 is 14.4 Å². The Bertz CT molecular complexity index is 658. The zero-order valence-electron chi connectivity index (χ0n) is 16.1. The molecule has 26 heavy (non-hydrogen) atoms. The summed E-state index contributed by atoms with van der Waals surface area (Å²) in [7, 11) is 2.19. The highest BCUT2D eigenvalue weighted by molar-refractivity contribution is 6.30. The fourth-order valence-electron chi connectivity index (χ4n) is 3.10. The third-order valence-corrected chi connectivity index (χ3v) is 4.59. The lowest BCUT2D eigenvalue weighted by molar-refractivity contribution is 0.0669. The fourth-order valence-corrected chi connectivity index (χ4v) is 3.23. The molecule has 1 saturated heterocycles. The number of hydrogen-bond acceptors (Lipinski definition) is 4.